The van der Waals surface area contributed by atoms with Gasteiger partial charge in [-0.2, -0.15) is 5.10 Å². The molecule has 3 N–H and O–H groups in total. The summed E-state index contributed by atoms with van der Waals surface area (Å²) < 4.78 is 0. The summed E-state index contributed by atoms with van der Waals surface area (Å²) in [6.07, 6.45) is 3.96. The molecule has 3 heterocycles. The second-order valence-corrected chi connectivity index (χ2v) is 7.97. The van der Waals surface area contributed by atoms with E-state index in [-0.39, 0.29) is 5.54 Å². The molecule has 1 saturated heterocycles. The number of aromatic amines is 1. The van der Waals surface area contributed by atoms with E-state index in [9.17, 15) is 0 Å². The minimum atomic E-state index is -0.130. The lowest BCUT2D eigenvalue weighted by Gasteiger charge is -2.38. The number of hydrogen-bond donors (Lipinski definition) is 2. The van der Waals surface area contributed by atoms with Crippen LogP contribution in [0.3, 0.4) is 0 Å². The van der Waals surface area contributed by atoms with Crippen LogP contribution in [0.5, 0.6) is 0 Å². The minimum Gasteiger partial charge on any atom is -0.355 e. The Morgan fingerprint density at radius 3 is 2.65 bits per heavy atom. The topological polar surface area (TPSA) is 83.7 Å². The van der Waals surface area contributed by atoms with Crippen molar-refractivity contribution in [2.75, 3.05) is 18.0 Å². The SMILES string of the molecule is CC(C)(N)C1CCN(c2cnc3c(-c4ccccc4Cl)n[nH]c3n2)CC1. The number of halogens is 1. The quantitative estimate of drug-likeness (QED) is 0.735. The standard InChI is InChI=1S/C19H23ClN6/c1-19(2,21)12-7-9-26(10-8-12)15-11-22-17-16(24-25-18(17)23-15)13-5-3-4-6-14(13)20/h3-6,11-12H,7-10,21H2,1-2H3,(H,23,24,25). The monoisotopic (exact) mass is 370 g/mol. The zero-order chi connectivity index (χ0) is 18.3. The summed E-state index contributed by atoms with van der Waals surface area (Å²) in [6.45, 7) is 6.11. The second-order valence-electron chi connectivity index (χ2n) is 7.56. The Hall–Kier alpha value is -2.18. The van der Waals surface area contributed by atoms with E-state index in [0.29, 0.717) is 16.6 Å². The fourth-order valence-electron chi connectivity index (χ4n) is 3.64. The number of benzene rings is 1. The summed E-state index contributed by atoms with van der Waals surface area (Å²) in [6, 6.07) is 7.62. The second kappa shape index (κ2) is 6.52. The third-order valence-electron chi connectivity index (χ3n) is 5.26. The molecule has 1 aliphatic heterocycles. The van der Waals surface area contributed by atoms with Crippen molar-refractivity contribution in [3.8, 4) is 11.3 Å². The molecular weight excluding hydrogens is 348 g/mol. The molecule has 2 aromatic heterocycles. The predicted molar refractivity (Wildman–Crippen MR) is 105 cm³/mol. The summed E-state index contributed by atoms with van der Waals surface area (Å²) in [4.78, 5) is 11.6. The molecule has 0 amide bonds. The van der Waals surface area contributed by atoms with Gasteiger partial charge in [-0.15, -0.1) is 0 Å². The number of nitrogens with one attached hydrogen (secondary N) is 1. The molecule has 7 heteroatoms. The maximum absolute atomic E-state index is 6.30. The first-order valence-corrected chi connectivity index (χ1v) is 9.31. The molecule has 6 nitrogen and oxygen atoms in total. The van der Waals surface area contributed by atoms with E-state index in [0.717, 1.165) is 48.5 Å². The van der Waals surface area contributed by atoms with Crippen molar-refractivity contribution >= 4 is 28.6 Å². The van der Waals surface area contributed by atoms with Crippen LogP contribution < -0.4 is 10.6 Å². The Kier molecular flexibility index (Phi) is 4.32. The largest absolute Gasteiger partial charge is 0.355 e. The number of rotatable bonds is 3. The van der Waals surface area contributed by atoms with Gasteiger partial charge in [-0.25, -0.2) is 9.97 Å². The Morgan fingerprint density at radius 1 is 1.23 bits per heavy atom. The maximum atomic E-state index is 6.30. The lowest BCUT2D eigenvalue weighted by molar-refractivity contribution is 0.265. The van der Waals surface area contributed by atoms with Crippen molar-refractivity contribution in [3.05, 3.63) is 35.5 Å². The van der Waals surface area contributed by atoms with E-state index in [1.807, 2.05) is 30.5 Å². The molecule has 0 saturated carbocycles. The zero-order valence-electron chi connectivity index (χ0n) is 15.0. The maximum Gasteiger partial charge on any atom is 0.177 e. The van der Waals surface area contributed by atoms with Gasteiger partial charge in [0.25, 0.3) is 0 Å². The first-order valence-electron chi connectivity index (χ1n) is 8.93. The Balaban J connectivity index is 1.59. The third-order valence-corrected chi connectivity index (χ3v) is 5.59. The van der Waals surface area contributed by atoms with Crippen molar-refractivity contribution in [3.63, 3.8) is 0 Å². The van der Waals surface area contributed by atoms with Gasteiger partial charge in [-0.05, 0) is 38.7 Å². The van der Waals surface area contributed by atoms with Crippen LogP contribution in [0.4, 0.5) is 5.82 Å². The van der Waals surface area contributed by atoms with Gasteiger partial charge in [-0.1, -0.05) is 29.8 Å². The van der Waals surface area contributed by atoms with Crippen LogP contribution in [0.25, 0.3) is 22.4 Å². The van der Waals surface area contributed by atoms with Crippen molar-refractivity contribution in [2.45, 2.75) is 32.2 Å². The van der Waals surface area contributed by atoms with Crippen molar-refractivity contribution in [1.29, 1.82) is 0 Å². The highest BCUT2D eigenvalue weighted by atomic mass is 35.5. The van der Waals surface area contributed by atoms with Crippen LogP contribution >= 0.6 is 11.6 Å². The van der Waals surface area contributed by atoms with Crippen molar-refractivity contribution < 1.29 is 0 Å². The van der Waals surface area contributed by atoms with Crippen LogP contribution in [0.15, 0.2) is 30.5 Å². The highest BCUT2D eigenvalue weighted by Crippen LogP contribution is 2.32. The average molecular weight is 371 g/mol. The zero-order valence-corrected chi connectivity index (χ0v) is 15.8. The molecule has 0 bridgehead atoms. The third kappa shape index (κ3) is 3.15. The highest BCUT2D eigenvalue weighted by molar-refractivity contribution is 6.33. The van der Waals surface area contributed by atoms with Crippen LogP contribution in [-0.4, -0.2) is 38.8 Å². The van der Waals surface area contributed by atoms with E-state index in [4.69, 9.17) is 22.3 Å². The summed E-state index contributed by atoms with van der Waals surface area (Å²) in [7, 11) is 0. The van der Waals surface area contributed by atoms with E-state index in [2.05, 4.69) is 33.9 Å². The van der Waals surface area contributed by atoms with Gasteiger partial charge in [0, 0.05) is 24.2 Å². The van der Waals surface area contributed by atoms with Gasteiger partial charge in [0.05, 0.1) is 11.2 Å². The molecule has 0 atom stereocenters. The number of fused-ring (bicyclic) bond motifs is 1. The van der Waals surface area contributed by atoms with Crippen LogP contribution in [0, 0.1) is 5.92 Å². The number of nitrogens with two attached hydrogens (primary N) is 1. The first-order chi connectivity index (χ1) is 12.4. The molecule has 0 aliphatic carbocycles. The first kappa shape index (κ1) is 17.2. The molecule has 1 aliphatic rings. The fourth-order valence-corrected chi connectivity index (χ4v) is 3.86. The Bertz CT molecular complexity index is 921. The number of nitrogens with zero attached hydrogens (tertiary/aromatic N) is 4. The van der Waals surface area contributed by atoms with Gasteiger partial charge < -0.3 is 10.6 Å². The van der Waals surface area contributed by atoms with Crippen LogP contribution in [0.1, 0.15) is 26.7 Å². The van der Waals surface area contributed by atoms with Crippen LogP contribution in [0.2, 0.25) is 5.02 Å². The number of piperidine rings is 1. The molecule has 136 valence electrons. The Labute approximate surface area is 157 Å². The van der Waals surface area contributed by atoms with E-state index in [1.54, 1.807) is 0 Å². The number of hydrogen-bond acceptors (Lipinski definition) is 5. The van der Waals surface area contributed by atoms with Gasteiger partial charge >= 0.3 is 0 Å². The minimum absolute atomic E-state index is 0.130. The van der Waals surface area contributed by atoms with E-state index in [1.165, 1.54) is 0 Å². The molecule has 0 radical (unpaired) electrons. The summed E-state index contributed by atoms with van der Waals surface area (Å²) in [5.74, 6) is 1.41. The normalized spacial score (nSPS) is 16.4. The molecule has 3 aromatic rings. The molecule has 26 heavy (non-hydrogen) atoms. The van der Waals surface area contributed by atoms with Gasteiger partial charge in [0.2, 0.25) is 0 Å². The fraction of sp³-hybridized carbons (Fsp3) is 0.421. The van der Waals surface area contributed by atoms with E-state index >= 15 is 0 Å². The summed E-state index contributed by atoms with van der Waals surface area (Å²) in [5, 5.41) is 8.04. The lowest BCUT2D eigenvalue weighted by Crippen LogP contribution is -2.47. The van der Waals surface area contributed by atoms with Crippen LogP contribution in [-0.2, 0) is 0 Å². The van der Waals surface area contributed by atoms with Gasteiger partial charge in [-0.3, -0.25) is 5.10 Å². The number of aromatic nitrogens is 4. The predicted octanol–water partition coefficient (Wildman–Crippen LogP) is 3.63. The van der Waals surface area contributed by atoms with Crippen molar-refractivity contribution in [1.82, 2.24) is 20.2 Å². The molecular formula is C19H23ClN6. The highest BCUT2D eigenvalue weighted by Gasteiger charge is 2.30. The number of anilines is 1. The summed E-state index contributed by atoms with van der Waals surface area (Å²) >= 11 is 6.30. The molecule has 0 unspecified atom stereocenters. The van der Waals surface area contributed by atoms with Crippen molar-refractivity contribution in [2.24, 2.45) is 11.7 Å². The molecule has 4 rings (SSSR count). The molecule has 1 aromatic carbocycles. The lowest BCUT2D eigenvalue weighted by atomic mass is 9.81. The van der Waals surface area contributed by atoms with Gasteiger partial charge in [0.1, 0.15) is 17.0 Å². The summed E-state index contributed by atoms with van der Waals surface area (Å²) in [5.41, 5.74) is 9.14. The average Bonchev–Trinajstić information content (AvgIpc) is 3.04. The Morgan fingerprint density at radius 2 is 1.96 bits per heavy atom. The molecule has 1 fully saturated rings. The van der Waals surface area contributed by atoms with E-state index < -0.39 is 0 Å². The van der Waals surface area contributed by atoms with Gasteiger partial charge in [0.15, 0.2) is 5.65 Å². The molecule has 0 spiro atoms. The number of H-pyrrole nitrogens is 1. The smallest absolute Gasteiger partial charge is 0.177 e.